The lowest BCUT2D eigenvalue weighted by Crippen LogP contribution is -2.60. The summed E-state index contributed by atoms with van der Waals surface area (Å²) >= 11 is 5.88. The lowest BCUT2D eigenvalue weighted by molar-refractivity contribution is -0.0530. The minimum atomic E-state index is -3.75. The van der Waals surface area contributed by atoms with Crippen LogP contribution >= 0.6 is 11.6 Å². The van der Waals surface area contributed by atoms with Crippen LogP contribution in [0.25, 0.3) is 0 Å². The van der Waals surface area contributed by atoms with Crippen molar-refractivity contribution in [3.05, 3.63) is 70.7 Å². The monoisotopic (exact) mass is 411 g/mol. The smallest absolute Gasteiger partial charge is 0.217 e. The van der Waals surface area contributed by atoms with Gasteiger partial charge in [-0.3, -0.25) is 0 Å². The van der Waals surface area contributed by atoms with Crippen molar-refractivity contribution in [3.63, 3.8) is 0 Å². The van der Waals surface area contributed by atoms with Crippen LogP contribution in [0.2, 0.25) is 5.02 Å². The first kappa shape index (κ1) is 20.3. The van der Waals surface area contributed by atoms with E-state index in [4.69, 9.17) is 16.3 Å². The van der Waals surface area contributed by atoms with E-state index in [1.165, 1.54) is 4.31 Å². The van der Waals surface area contributed by atoms with E-state index < -0.39 is 34.0 Å². The molecule has 27 heavy (non-hydrogen) atoms. The first-order valence-corrected chi connectivity index (χ1v) is 10.6. The summed E-state index contributed by atoms with van der Waals surface area (Å²) in [5, 5.41) is 20.9. The second-order valence-electron chi connectivity index (χ2n) is 6.58. The van der Waals surface area contributed by atoms with E-state index in [9.17, 15) is 18.6 Å². The van der Waals surface area contributed by atoms with Gasteiger partial charge in [0.15, 0.2) is 0 Å². The SMILES string of the molecule is O=S1(=O)C[C@@H](O)[C@H](O)[C@@H](COCc2ccccc2)N1Cc1ccc(Cl)cc1. The Bertz CT molecular complexity index is 844. The normalized spacial score (nSPS) is 25.4. The molecule has 1 aliphatic rings. The number of sulfonamides is 1. The average Bonchev–Trinajstić information content (AvgIpc) is 2.64. The van der Waals surface area contributed by atoms with Gasteiger partial charge < -0.3 is 14.9 Å². The Hall–Kier alpha value is -1.48. The van der Waals surface area contributed by atoms with Crippen LogP contribution in [-0.4, -0.2) is 53.5 Å². The number of nitrogens with zero attached hydrogens (tertiary/aromatic N) is 1. The third-order valence-corrected chi connectivity index (χ3v) is 6.68. The Balaban J connectivity index is 1.76. The third kappa shape index (κ3) is 5.07. The van der Waals surface area contributed by atoms with E-state index in [-0.39, 0.29) is 19.8 Å². The Morgan fingerprint density at radius 1 is 1.04 bits per heavy atom. The zero-order valence-electron chi connectivity index (χ0n) is 14.6. The Morgan fingerprint density at radius 2 is 1.70 bits per heavy atom. The molecule has 3 rings (SSSR count). The molecule has 0 aromatic heterocycles. The highest BCUT2D eigenvalue weighted by Crippen LogP contribution is 2.25. The van der Waals surface area contributed by atoms with Crippen LogP contribution in [0.5, 0.6) is 0 Å². The maximum atomic E-state index is 12.6. The predicted octanol–water partition coefficient (Wildman–Crippen LogP) is 1.79. The number of ether oxygens (including phenoxy) is 1. The second-order valence-corrected chi connectivity index (χ2v) is 8.98. The molecule has 2 aromatic rings. The standard InChI is InChI=1S/C19H22ClNO5S/c20-16-8-6-14(7-9-16)10-21-17(19(23)18(22)13-27(21,24)25)12-26-11-15-4-2-1-3-5-15/h1-9,17-19,22-23H,10-13H2/t17-,18-,19-/m1/s1. The molecule has 6 nitrogen and oxygen atoms in total. The molecule has 0 aliphatic carbocycles. The highest BCUT2D eigenvalue weighted by Gasteiger charge is 2.45. The van der Waals surface area contributed by atoms with Gasteiger partial charge in [0.2, 0.25) is 10.0 Å². The van der Waals surface area contributed by atoms with Crippen molar-refractivity contribution >= 4 is 21.6 Å². The van der Waals surface area contributed by atoms with Gasteiger partial charge in [0, 0.05) is 11.6 Å². The molecule has 1 saturated heterocycles. The average molecular weight is 412 g/mol. The molecular weight excluding hydrogens is 390 g/mol. The van der Waals surface area contributed by atoms with Crippen LogP contribution in [-0.2, 0) is 27.9 Å². The molecule has 0 bridgehead atoms. The Kier molecular flexibility index (Phi) is 6.52. The summed E-state index contributed by atoms with van der Waals surface area (Å²) in [4.78, 5) is 0. The van der Waals surface area contributed by atoms with E-state index in [1.54, 1.807) is 24.3 Å². The van der Waals surface area contributed by atoms with Crippen molar-refractivity contribution in [2.75, 3.05) is 12.4 Å². The van der Waals surface area contributed by atoms with Crippen LogP contribution in [0, 0.1) is 0 Å². The molecule has 0 saturated carbocycles. The van der Waals surface area contributed by atoms with Crippen LogP contribution in [0.4, 0.5) is 0 Å². The minimum absolute atomic E-state index is 0.0278. The summed E-state index contributed by atoms with van der Waals surface area (Å²) in [7, 11) is -3.75. The quantitative estimate of drug-likeness (QED) is 0.756. The van der Waals surface area contributed by atoms with E-state index in [0.717, 1.165) is 11.1 Å². The van der Waals surface area contributed by atoms with Gasteiger partial charge in [-0.15, -0.1) is 0 Å². The van der Waals surface area contributed by atoms with E-state index in [0.29, 0.717) is 5.02 Å². The van der Waals surface area contributed by atoms with Gasteiger partial charge in [0.1, 0.15) is 0 Å². The lowest BCUT2D eigenvalue weighted by Gasteiger charge is -2.40. The Labute approximate surface area is 164 Å². The molecule has 0 unspecified atom stereocenters. The molecule has 2 aromatic carbocycles. The second kappa shape index (κ2) is 8.68. The molecule has 0 amide bonds. The maximum absolute atomic E-state index is 12.6. The number of aliphatic hydroxyl groups excluding tert-OH is 2. The van der Waals surface area contributed by atoms with Crippen LogP contribution in [0.1, 0.15) is 11.1 Å². The van der Waals surface area contributed by atoms with Crippen molar-refractivity contribution < 1.29 is 23.4 Å². The van der Waals surface area contributed by atoms with Crippen molar-refractivity contribution in [1.82, 2.24) is 4.31 Å². The fourth-order valence-electron chi connectivity index (χ4n) is 3.08. The fourth-order valence-corrected chi connectivity index (χ4v) is 4.97. The van der Waals surface area contributed by atoms with Crippen LogP contribution in [0.15, 0.2) is 54.6 Å². The van der Waals surface area contributed by atoms with Crippen LogP contribution in [0.3, 0.4) is 0 Å². The molecule has 8 heteroatoms. The molecular formula is C19H22ClNO5S. The van der Waals surface area contributed by atoms with Crippen molar-refractivity contribution in [3.8, 4) is 0 Å². The highest BCUT2D eigenvalue weighted by molar-refractivity contribution is 7.89. The van der Waals surface area contributed by atoms with Crippen LogP contribution < -0.4 is 0 Å². The Morgan fingerprint density at radius 3 is 2.37 bits per heavy atom. The van der Waals surface area contributed by atoms with Crippen molar-refractivity contribution in [2.24, 2.45) is 0 Å². The number of hydrogen-bond acceptors (Lipinski definition) is 5. The van der Waals surface area contributed by atoms with Gasteiger partial charge in [-0.25, -0.2) is 8.42 Å². The first-order valence-electron chi connectivity index (χ1n) is 8.58. The number of benzene rings is 2. The van der Waals surface area contributed by atoms with Gasteiger partial charge in [-0.05, 0) is 23.3 Å². The van der Waals surface area contributed by atoms with Gasteiger partial charge >= 0.3 is 0 Å². The molecule has 1 fully saturated rings. The van der Waals surface area contributed by atoms with Crippen molar-refractivity contribution in [2.45, 2.75) is 31.4 Å². The molecule has 146 valence electrons. The van der Waals surface area contributed by atoms with E-state index in [2.05, 4.69) is 0 Å². The van der Waals surface area contributed by atoms with Gasteiger partial charge in [0.25, 0.3) is 0 Å². The zero-order chi connectivity index (χ0) is 19.4. The maximum Gasteiger partial charge on any atom is 0.217 e. The summed E-state index contributed by atoms with van der Waals surface area (Å²) in [6.45, 7) is 0.331. The zero-order valence-corrected chi connectivity index (χ0v) is 16.2. The summed E-state index contributed by atoms with van der Waals surface area (Å²) in [5.41, 5.74) is 1.68. The summed E-state index contributed by atoms with van der Waals surface area (Å²) in [6.07, 6.45) is -2.57. The van der Waals surface area contributed by atoms with E-state index >= 15 is 0 Å². The van der Waals surface area contributed by atoms with Gasteiger partial charge in [-0.1, -0.05) is 54.1 Å². The third-order valence-electron chi connectivity index (χ3n) is 4.55. The van der Waals surface area contributed by atoms with E-state index in [1.807, 2.05) is 30.3 Å². The van der Waals surface area contributed by atoms with Crippen molar-refractivity contribution in [1.29, 1.82) is 0 Å². The molecule has 0 radical (unpaired) electrons. The first-order chi connectivity index (χ1) is 12.9. The predicted molar refractivity (Wildman–Crippen MR) is 103 cm³/mol. The number of aliphatic hydroxyl groups is 2. The van der Waals surface area contributed by atoms with Gasteiger partial charge in [-0.2, -0.15) is 4.31 Å². The lowest BCUT2D eigenvalue weighted by atomic mass is 10.1. The number of hydrogen-bond donors (Lipinski definition) is 2. The fraction of sp³-hybridized carbons (Fsp3) is 0.368. The molecule has 1 heterocycles. The summed E-state index contributed by atoms with van der Waals surface area (Å²) in [6, 6.07) is 15.4. The molecule has 3 atom stereocenters. The number of halogens is 1. The molecule has 0 spiro atoms. The minimum Gasteiger partial charge on any atom is -0.389 e. The number of rotatable bonds is 6. The largest absolute Gasteiger partial charge is 0.389 e. The topological polar surface area (TPSA) is 87.1 Å². The molecule has 2 N–H and O–H groups in total. The highest BCUT2D eigenvalue weighted by atomic mass is 35.5. The molecule has 1 aliphatic heterocycles. The summed E-state index contributed by atoms with van der Waals surface area (Å²) < 4.78 is 32.1. The van der Waals surface area contributed by atoms with Gasteiger partial charge in [0.05, 0.1) is 37.2 Å². The summed E-state index contributed by atoms with van der Waals surface area (Å²) in [5.74, 6) is -0.517.